The van der Waals surface area contributed by atoms with Gasteiger partial charge >= 0.3 is 0 Å². The van der Waals surface area contributed by atoms with Gasteiger partial charge in [-0.3, -0.25) is 4.98 Å². The first kappa shape index (κ1) is 22.2. The van der Waals surface area contributed by atoms with Crippen LogP contribution in [0.4, 0.5) is 23.1 Å². The Labute approximate surface area is 199 Å². The van der Waals surface area contributed by atoms with Crippen LogP contribution in [-0.4, -0.2) is 60.5 Å². The summed E-state index contributed by atoms with van der Waals surface area (Å²) in [6.07, 6.45) is 3.39. The largest absolute Gasteiger partial charge is 0.488 e. The fraction of sp³-hybridized carbons (Fsp3) is 0.400. The molecular weight excluding hydrogens is 432 g/mol. The number of pyridine rings is 1. The van der Waals surface area contributed by atoms with Crippen molar-refractivity contribution < 1.29 is 14.2 Å². The number of morpholine rings is 1. The molecule has 2 aliphatic heterocycles. The lowest BCUT2D eigenvalue weighted by Gasteiger charge is -2.28. The van der Waals surface area contributed by atoms with E-state index in [1.807, 2.05) is 24.3 Å². The molecule has 0 bridgehead atoms. The first-order chi connectivity index (χ1) is 16.7. The zero-order valence-electron chi connectivity index (χ0n) is 19.5. The highest BCUT2D eigenvalue weighted by atomic mass is 16.5. The lowest BCUT2D eigenvalue weighted by Crippen LogP contribution is -2.36. The molecule has 4 heterocycles. The van der Waals surface area contributed by atoms with E-state index in [2.05, 4.69) is 51.5 Å². The fourth-order valence-corrected chi connectivity index (χ4v) is 4.15. The number of fused-ring (bicyclic) bond motifs is 1. The van der Waals surface area contributed by atoms with Gasteiger partial charge in [0, 0.05) is 48.7 Å². The average Bonchev–Trinajstić information content (AvgIpc) is 3.16. The van der Waals surface area contributed by atoms with E-state index in [1.54, 1.807) is 12.4 Å². The first-order valence-corrected chi connectivity index (χ1v) is 11.7. The summed E-state index contributed by atoms with van der Waals surface area (Å²) < 4.78 is 17.1. The maximum Gasteiger partial charge on any atom is 0.232 e. The van der Waals surface area contributed by atoms with Gasteiger partial charge in [-0.1, -0.05) is 6.92 Å². The van der Waals surface area contributed by atoms with Crippen LogP contribution in [-0.2, 0) is 4.74 Å². The van der Waals surface area contributed by atoms with Crippen molar-refractivity contribution in [2.24, 2.45) is 0 Å². The topological polar surface area (TPSA) is 93.7 Å². The van der Waals surface area contributed by atoms with Crippen LogP contribution in [0.3, 0.4) is 0 Å². The van der Waals surface area contributed by atoms with Crippen LogP contribution in [0.1, 0.15) is 25.3 Å². The SMILES string of the molecule is CC1Nc2ccc(Nc3nc(OCCOc4cccnc4)cc(N4CCOCC4)n3)cc2C1C. The van der Waals surface area contributed by atoms with Crippen molar-refractivity contribution in [1.82, 2.24) is 15.0 Å². The quantitative estimate of drug-likeness (QED) is 0.485. The van der Waals surface area contributed by atoms with Crippen LogP contribution in [0.15, 0.2) is 48.8 Å². The number of nitrogens with zero attached hydrogens (tertiary/aromatic N) is 4. The number of hydrogen-bond donors (Lipinski definition) is 2. The molecule has 1 saturated heterocycles. The smallest absolute Gasteiger partial charge is 0.232 e. The van der Waals surface area contributed by atoms with Crippen molar-refractivity contribution >= 4 is 23.1 Å². The molecule has 2 atom stereocenters. The summed E-state index contributed by atoms with van der Waals surface area (Å²) in [6, 6.07) is 12.3. The second-order valence-electron chi connectivity index (χ2n) is 8.52. The van der Waals surface area contributed by atoms with Crippen LogP contribution >= 0.6 is 0 Å². The zero-order valence-corrected chi connectivity index (χ0v) is 19.5. The van der Waals surface area contributed by atoms with Gasteiger partial charge in [0.05, 0.1) is 19.4 Å². The van der Waals surface area contributed by atoms with Gasteiger partial charge < -0.3 is 29.7 Å². The van der Waals surface area contributed by atoms with Gasteiger partial charge in [0.15, 0.2) is 0 Å². The van der Waals surface area contributed by atoms with Crippen molar-refractivity contribution in [2.75, 3.05) is 55.1 Å². The summed E-state index contributed by atoms with van der Waals surface area (Å²) in [5.41, 5.74) is 3.43. The number of nitrogens with one attached hydrogen (secondary N) is 2. The van der Waals surface area contributed by atoms with Crippen molar-refractivity contribution in [2.45, 2.75) is 25.8 Å². The number of aromatic nitrogens is 3. The molecule has 0 radical (unpaired) electrons. The summed E-state index contributed by atoms with van der Waals surface area (Å²) in [4.78, 5) is 15.6. The minimum Gasteiger partial charge on any atom is -0.488 e. The Morgan fingerprint density at radius 3 is 2.76 bits per heavy atom. The highest BCUT2D eigenvalue weighted by Gasteiger charge is 2.25. The van der Waals surface area contributed by atoms with Crippen LogP contribution < -0.4 is 25.0 Å². The summed E-state index contributed by atoms with van der Waals surface area (Å²) in [5.74, 6) is 2.96. The summed E-state index contributed by atoms with van der Waals surface area (Å²) in [7, 11) is 0. The Morgan fingerprint density at radius 1 is 1.09 bits per heavy atom. The summed E-state index contributed by atoms with van der Waals surface area (Å²) in [5, 5.41) is 6.90. The Morgan fingerprint density at radius 2 is 1.94 bits per heavy atom. The third-order valence-electron chi connectivity index (χ3n) is 6.19. The Bertz CT molecular complexity index is 1110. The predicted octanol–water partition coefficient (Wildman–Crippen LogP) is 3.83. The van der Waals surface area contributed by atoms with E-state index in [0.717, 1.165) is 24.6 Å². The molecule has 178 valence electrons. The molecule has 34 heavy (non-hydrogen) atoms. The number of rotatable bonds is 8. The van der Waals surface area contributed by atoms with E-state index in [1.165, 1.54) is 11.3 Å². The third-order valence-corrected chi connectivity index (χ3v) is 6.19. The van der Waals surface area contributed by atoms with Gasteiger partial charge in [0.2, 0.25) is 11.8 Å². The molecule has 0 aliphatic carbocycles. The molecule has 0 saturated carbocycles. The van der Waals surface area contributed by atoms with Crippen molar-refractivity contribution in [3.63, 3.8) is 0 Å². The molecule has 3 aromatic rings. The molecule has 2 unspecified atom stereocenters. The molecule has 5 rings (SSSR count). The van der Waals surface area contributed by atoms with Crippen LogP contribution in [0.5, 0.6) is 11.6 Å². The molecule has 2 aliphatic rings. The number of hydrogen-bond acceptors (Lipinski definition) is 9. The lowest BCUT2D eigenvalue weighted by molar-refractivity contribution is 0.122. The maximum atomic E-state index is 5.94. The lowest BCUT2D eigenvalue weighted by atomic mass is 9.98. The minimum atomic E-state index is 0.355. The molecular formula is C25H30N6O3. The molecule has 1 aromatic carbocycles. The molecule has 9 nitrogen and oxygen atoms in total. The van der Waals surface area contributed by atoms with E-state index in [4.69, 9.17) is 19.2 Å². The molecule has 1 fully saturated rings. The molecule has 0 spiro atoms. The second-order valence-corrected chi connectivity index (χ2v) is 8.52. The van der Waals surface area contributed by atoms with Crippen LogP contribution in [0.25, 0.3) is 0 Å². The summed E-state index contributed by atoms with van der Waals surface area (Å²) in [6.45, 7) is 8.09. The summed E-state index contributed by atoms with van der Waals surface area (Å²) >= 11 is 0. The van der Waals surface area contributed by atoms with Gasteiger partial charge in [0.25, 0.3) is 0 Å². The molecule has 9 heteroatoms. The van der Waals surface area contributed by atoms with E-state index < -0.39 is 0 Å². The Balaban J connectivity index is 1.31. The van der Waals surface area contributed by atoms with E-state index in [-0.39, 0.29) is 0 Å². The molecule has 0 amide bonds. The van der Waals surface area contributed by atoms with Crippen molar-refractivity contribution in [3.05, 3.63) is 54.4 Å². The maximum absolute atomic E-state index is 5.94. The average molecular weight is 463 g/mol. The number of ether oxygens (including phenoxy) is 3. The second kappa shape index (κ2) is 10.1. The van der Waals surface area contributed by atoms with Crippen molar-refractivity contribution in [3.8, 4) is 11.6 Å². The zero-order chi connectivity index (χ0) is 23.3. The normalized spacial score (nSPS) is 19.3. The highest BCUT2D eigenvalue weighted by molar-refractivity contribution is 5.67. The van der Waals surface area contributed by atoms with E-state index >= 15 is 0 Å². The first-order valence-electron chi connectivity index (χ1n) is 11.7. The third kappa shape index (κ3) is 5.14. The van der Waals surface area contributed by atoms with Gasteiger partial charge in [-0.05, 0) is 42.8 Å². The number of anilines is 4. The highest BCUT2D eigenvalue weighted by Crippen LogP contribution is 2.37. The van der Waals surface area contributed by atoms with E-state index in [0.29, 0.717) is 56.0 Å². The van der Waals surface area contributed by atoms with Gasteiger partial charge in [0.1, 0.15) is 24.8 Å². The van der Waals surface area contributed by atoms with Crippen LogP contribution in [0.2, 0.25) is 0 Å². The fourth-order valence-electron chi connectivity index (χ4n) is 4.15. The Hall–Kier alpha value is -3.59. The molecule has 2 N–H and O–H groups in total. The van der Waals surface area contributed by atoms with Gasteiger partial charge in [-0.2, -0.15) is 9.97 Å². The van der Waals surface area contributed by atoms with Crippen molar-refractivity contribution in [1.29, 1.82) is 0 Å². The minimum absolute atomic E-state index is 0.355. The number of benzene rings is 1. The molecule has 2 aromatic heterocycles. The van der Waals surface area contributed by atoms with Crippen LogP contribution in [0, 0.1) is 0 Å². The van der Waals surface area contributed by atoms with Gasteiger partial charge in [-0.25, -0.2) is 0 Å². The monoisotopic (exact) mass is 462 g/mol. The Kier molecular flexibility index (Phi) is 6.62. The van der Waals surface area contributed by atoms with E-state index in [9.17, 15) is 0 Å². The van der Waals surface area contributed by atoms with Gasteiger partial charge in [-0.15, -0.1) is 0 Å². The predicted molar refractivity (Wildman–Crippen MR) is 132 cm³/mol. The standard InChI is InChI=1S/C25H30N6O3/c1-17-18(2)27-22-6-5-19(14-21(17)22)28-25-29-23(31-8-10-32-11-9-31)15-24(30-25)34-13-12-33-20-4-3-7-26-16-20/h3-7,14-18,27H,8-13H2,1-2H3,(H,28,29,30).